The summed E-state index contributed by atoms with van der Waals surface area (Å²) in [6, 6.07) is 80.2. The normalized spacial score (nSPS) is 12.2. The number of para-hydroxylation sites is 5. The van der Waals surface area contributed by atoms with Gasteiger partial charge in [-0.1, -0.05) is 199 Å². The molecule has 0 amide bonds. The molecule has 3 heteroatoms. The topological polar surface area (TPSA) is 21.3 Å². The van der Waals surface area contributed by atoms with Crippen LogP contribution in [0.15, 0.2) is 223 Å². The van der Waals surface area contributed by atoms with Crippen LogP contribution in [0, 0.1) is 0 Å². The van der Waals surface area contributed by atoms with Gasteiger partial charge < -0.3 is 13.9 Å². The molecule has 0 bridgehead atoms. The van der Waals surface area contributed by atoms with E-state index in [0.717, 1.165) is 61.4 Å². The van der Waals surface area contributed by atoms with Gasteiger partial charge in [0, 0.05) is 44.0 Å². The van der Waals surface area contributed by atoms with Gasteiger partial charge in [0.1, 0.15) is 11.2 Å². The number of benzene rings is 10. The van der Waals surface area contributed by atoms with E-state index in [4.69, 9.17) is 4.42 Å². The van der Waals surface area contributed by atoms with Gasteiger partial charge in [-0.05, 0) is 116 Å². The van der Waals surface area contributed by atoms with Crippen molar-refractivity contribution in [3.63, 3.8) is 0 Å². The van der Waals surface area contributed by atoms with E-state index in [2.05, 4.69) is 263 Å². The van der Waals surface area contributed by atoms with Crippen molar-refractivity contribution in [2.75, 3.05) is 4.90 Å². The fourth-order valence-corrected chi connectivity index (χ4v) is 10.5. The van der Waals surface area contributed by atoms with E-state index in [0.29, 0.717) is 0 Å². The van der Waals surface area contributed by atoms with Crippen LogP contribution in [-0.4, -0.2) is 4.57 Å². The molecule has 0 unspecified atom stereocenters. The molecule has 12 aromatic rings. The first kappa shape index (κ1) is 42.2. The first-order valence-electron chi connectivity index (χ1n) is 24.2. The van der Waals surface area contributed by atoms with E-state index in [9.17, 15) is 0 Å². The Hall–Kier alpha value is -8.14. The van der Waals surface area contributed by atoms with Crippen molar-refractivity contribution in [1.29, 1.82) is 0 Å². The molecule has 0 saturated carbocycles. The Morgan fingerprint density at radius 1 is 0.377 bits per heavy atom. The monoisotopic (exact) mass is 890 g/mol. The zero-order valence-electron chi connectivity index (χ0n) is 40.1. The molecule has 2 aromatic heterocycles. The number of anilines is 3. The second-order valence-electron chi connectivity index (χ2n) is 20.6. The highest BCUT2D eigenvalue weighted by Crippen LogP contribution is 2.49. The number of fused-ring (bicyclic) bond motifs is 7. The summed E-state index contributed by atoms with van der Waals surface area (Å²) in [7, 11) is 0. The van der Waals surface area contributed by atoms with E-state index < -0.39 is 0 Å². The van der Waals surface area contributed by atoms with Gasteiger partial charge in [-0.2, -0.15) is 0 Å². The predicted octanol–water partition coefficient (Wildman–Crippen LogP) is 18.9. The average molecular weight is 891 g/mol. The van der Waals surface area contributed by atoms with Gasteiger partial charge in [0.15, 0.2) is 0 Å². The Labute approximate surface area is 404 Å². The van der Waals surface area contributed by atoms with Gasteiger partial charge >= 0.3 is 0 Å². The van der Waals surface area contributed by atoms with Gasteiger partial charge in [0.05, 0.1) is 22.4 Å². The quantitative estimate of drug-likeness (QED) is 0.159. The molecule has 0 spiro atoms. The molecule has 0 aliphatic rings. The van der Waals surface area contributed by atoms with Crippen LogP contribution in [0.2, 0.25) is 0 Å². The highest BCUT2D eigenvalue weighted by molar-refractivity contribution is 6.12. The summed E-state index contributed by atoms with van der Waals surface area (Å²) in [4.78, 5) is 2.47. The number of hydrogen-bond donors (Lipinski definition) is 0. The van der Waals surface area contributed by atoms with Gasteiger partial charge in [0.25, 0.3) is 0 Å². The second kappa shape index (κ2) is 16.3. The van der Waals surface area contributed by atoms with E-state index in [1.807, 2.05) is 6.07 Å². The van der Waals surface area contributed by atoms with E-state index in [-0.39, 0.29) is 10.8 Å². The number of hydrogen-bond acceptors (Lipinski definition) is 2. The maximum absolute atomic E-state index is 6.44. The minimum Gasteiger partial charge on any atom is -0.456 e. The smallest absolute Gasteiger partial charge is 0.135 e. The molecule has 0 atom stereocenters. The third kappa shape index (κ3) is 7.28. The molecule has 0 radical (unpaired) electrons. The van der Waals surface area contributed by atoms with Crippen molar-refractivity contribution in [1.82, 2.24) is 4.57 Å². The van der Waals surface area contributed by atoms with Gasteiger partial charge in [-0.25, -0.2) is 0 Å². The Bertz CT molecular complexity index is 3890. The van der Waals surface area contributed by atoms with Crippen LogP contribution >= 0.6 is 0 Å². The third-order valence-corrected chi connectivity index (χ3v) is 14.1. The van der Waals surface area contributed by atoms with Crippen molar-refractivity contribution < 1.29 is 4.42 Å². The Morgan fingerprint density at radius 3 is 1.70 bits per heavy atom. The van der Waals surface area contributed by atoms with Crippen LogP contribution in [0.3, 0.4) is 0 Å². The van der Waals surface area contributed by atoms with Crippen molar-refractivity contribution >= 4 is 71.6 Å². The summed E-state index contributed by atoms with van der Waals surface area (Å²) in [5.41, 5.74) is 18.1. The third-order valence-electron chi connectivity index (χ3n) is 14.1. The van der Waals surface area contributed by atoms with Gasteiger partial charge in [-0.3, -0.25) is 0 Å². The van der Waals surface area contributed by atoms with Crippen LogP contribution in [0.25, 0.3) is 93.6 Å². The van der Waals surface area contributed by atoms with Crippen LogP contribution in [0.4, 0.5) is 17.1 Å². The number of rotatable bonds is 7. The maximum Gasteiger partial charge on any atom is 0.135 e. The SMILES string of the molecule is CC(C)(C)c1cc(-c2cccc3cccc(-c4ccccc4N(c4ccc5oc6ccccc6c5c4)c4ccccc4-c4ccc5c6ccccc6n(-c6ccccc6)c5c4)c23)cc(C(C)(C)C)c1. The van der Waals surface area contributed by atoms with Crippen molar-refractivity contribution in [3.8, 4) is 39.1 Å². The van der Waals surface area contributed by atoms with Gasteiger partial charge in [-0.15, -0.1) is 0 Å². The summed E-state index contributed by atoms with van der Waals surface area (Å²) in [5.74, 6) is 0. The lowest BCUT2D eigenvalue weighted by atomic mass is 9.78. The predicted molar refractivity (Wildman–Crippen MR) is 294 cm³/mol. The number of aromatic nitrogens is 1. The number of nitrogens with zero attached hydrogens (tertiary/aromatic N) is 2. The Morgan fingerprint density at radius 2 is 0.957 bits per heavy atom. The molecule has 2 heterocycles. The van der Waals surface area contributed by atoms with E-state index in [1.165, 1.54) is 60.4 Å². The van der Waals surface area contributed by atoms with Crippen molar-refractivity contribution in [3.05, 3.63) is 230 Å². The minimum atomic E-state index is -0.0199. The molecule has 334 valence electrons. The molecule has 3 nitrogen and oxygen atoms in total. The first-order valence-corrected chi connectivity index (χ1v) is 24.2. The largest absolute Gasteiger partial charge is 0.456 e. The summed E-state index contributed by atoms with van der Waals surface area (Å²) >= 11 is 0. The standard InChI is InChI=1S/C66H54N2O/c1-65(2,3)46-38-45(39-47(41-46)66(4,5)6)51-28-18-20-43-21-19-29-56(64(43)51)53-26-12-16-32-60(53)68(49-35-37-63-57(42-49)55-27-13-17-33-62(55)69-63)58-30-14-10-24-50(58)44-34-36-54-52-25-11-15-31-59(52)67(61(54)40-44)48-22-8-7-9-23-48/h7-42H,1-6H3. The fourth-order valence-electron chi connectivity index (χ4n) is 10.5. The fraction of sp³-hybridized carbons (Fsp3) is 0.121. The maximum atomic E-state index is 6.44. The summed E-state index contributed by atoms with van der Waals surface area (Å²) in [6.45, 7) is 13.9. The zero-order valence-corrected chi connectivity index (χ0v) is 40.1. The summed E-state index contributed by atoms with van der Waals surface area (Å²) < 4.78 is 8.84. The lowest BCUT2D eigenvalue weighted by molar-refractivity contribution is 0.569. The molecule has 12 rings (SSSR count). The molecule has 10 aromatic carbocycles. The van der Waals surface area contributed by atoms with Crippen LogP contribution in [-0.2, 0) is 10.8 Å². The molecule has 69 heavy (non-hydrogen) atoms. The molecule has 0 aliphatic heterocycles. The molecule has 0 saturated heterocycles. The van der Waals surface area contributed by atoms with E-state index in [1.54, 1.807) is 0 Å². The Balaban J connectivity index is 1.12. The zero-order chi connectivity index (χ0) is 47.0. The highest BCUT2D eigenvalue weighted by atomic mass is 16.3. The molecular weight excluding hydrogens is 837 g/mol. The number of furan rings is 1. The lowest BCUT2D eigenvalue weighted by Gasteiger charge is -2.30. The minimum absolute atomic E-state index is 0.0199. The van der Waals surface area contributed by atoms with Crippen LogP contribution < -0.4 is 4.90 Å². The van der Waals surface area contributed by atoms with Gasteiger partial charge in [0.2, 0.25) is 0 Å². The molecule has 0 N–H and O–H groups in total. The Kier molecular flexibility index (Phi) is 9.97. The molecule has 0 aliphatic carbocycles. The summed E-state index contributed by atoms with van der Waals surface area (Å²) in [6.07, 6.45) is 0. The lowest BCUT2D eigenvalue weighted by Crippen LogP contribution is -2.16. The van der Waals surface area contributed by atoms with E-state index >= 15 is 0 Å². The van der Waals surface area contributed by atoms with Crippen LogP contribution in [0.1, 0.15) is 52.7 Å². The highest BCUT2D eigenvalue weighted by Gasteiger charge is 2.26. The second-order valence-corrected chi connectivity index (χ2v) is 20.6. The van der Waals surface area contributed by atoms with Crippen molar-refractivity contribution in [2.24, 2.45) is 0 Å². The first-order chi connectivity index (χ1) is 33.5. The molecule has 0 fully saturated rings. The molecular formula is C66H54N2O. The van der Waals surface area contributed by atoms with Crippen molar-refractivity contribution in [2.45, 2.75) is 52.4 Å². The summed E-state index contributed by atoms with van der Waals surface area (Å²) in [5, 5.41) is 7.09. The average Bonchev–Trinajstić information content (AvgIpc) is 3.91. The van der Waals surface area contributed by atoms with Crippen LogP contribution in [0.5, 0.6) is 0 Å².